The van der Waals surface area contributed by atoms with Gasteiger partial charge in [0, 0.05) is 18.3 Å². The monoisotopic (exact) mass is 291 g/mol. The molecule has 0 aliphatic carbocycles. The van der Waals surface area contributed by atoms with Crippen LogP contribution in [0.15, 0.2) is 24.3 Å². The Morgan fingerprint density at radius 1 is 1.43 bits per heavy atom. The highest BCUT2D eigenvalue weighted by Crippen LogP contribution is 2.17. The lowest BCUT2D eigenvalue weighted by Crippen LogP contribution is -2.41. The van der Waals surface area contributed by atoms with E-state index in [0.717, 1.165) is 30.8 Å². The topological polar surface area (TPSA) is 64.6 Å². The van der Waals surface area contributed by atoms with Crippen molar-refractivity contribution < 1.29 is 9.90 Å². The third-order valence-electron chi connectivity index (χ3n) is 4.05. The second kappa shape index (κ2) is 7.43. The van der Waals surface area contributed by atoms with E-state index in [1.54, 1.807) is 19.1 Å². The van der Waals surface area contributed by atoms with E-state index in [2.05, 4.69) is 22.5 Å². The van der Waals surface area contributed by atoms with Gasteiger partial charge in [0.05, 0.1) is 6.10 Å². The van der Waals surface area contributed by atoms with Crippen molar-refractivity contribution in [2.75, 3.05) is 25.0 Å². The molecule has 5 nitrogen and oxygen atoms in total. The van der Waals surface area contributed by atoms with Gasteiger partial charge in [-0.05, 0) is 50.6 Å². The largest absolute Gasteiger partial charge is 0.389 e. The van der Waals surface area contributed by atoms with Gasteiger partial charge in [0.2, 0.25) is 0 Å². The van der Waals surface area contributed by atoms with Crippen LogP contribution in [0.1, 0.15) is 38.4 Å². The summed E-state index contributed by atoms with van der Waals surface area (Å²) in [5, 5.41) is 15.2. The molecule has 0 saturated carbocycles. The molecular weight excluding hydrogens is 266 g/mol. The molecule has 116 valence electrons. The number of likely N-dealkylation sites (N-methyl/N-ethyl adjacent to an activating group) is 1. The number of hydrogen-bond acceptors (Lipinski definition) is 3. The van der Waals surface area contributed by atoms with E-state index in [1.807, 2.05) is 12.1 Å². The van der Waals surface area contributed by atoms with Gasteiger partial charge in [-0.3, -0.25) is 4.90 Å². The number of rotatable bonds is 5. The summed E-state index contributed by atoms with van der Waals surface area (Å²) in [5.41, 5.74) is 1.57. The van der Waals surface area contributed by atoms with Crippen LogP contribution in [0.25, 0.3) is 0 Å². The Kier molecular flexibility index (Phi) is 5.59. The Balaban J connectivity index is 1.79. The van der Waals surface area contributed by atoms with Gasteiger partial charge in [-0.15, -0.1) is 0 Å². The smallest absolute Gasteiger partial charge is 0.319 e. The molecule has 0 spiro atoms. The van der Waals surface area contributed by atoms with Crippen molar-refractivity contribution >= 4 is 11.7 Å². The number of urea groups is 1. The molecule has 3 N–H and O–H groups in total. The molecule has 1 fully saturated rings. The molecule has 0 aromatic heterocycles. The maximum absolute atomic E-state index is 11.9. The quantitative estimate of drug-likeness (QED) is 0.780. The van der Waals surface area contributed by atoms with Gasteiger partial charge in [0.25, 0.3) is 0 Å². The second-order valence-electron chi connectivity index (χ2n) is 5.56. The van der Waals surface area contributed by atoms with E-state index in [9.17, 15) is 9.90 Å². The minimum atomic E-state index is -0.490. The lowest BCUT2D eigenvalue weighted by molar-refractivity contribution is 0.199. The van der Waals surface area contributed by atoms with Gasteiger partial charge in [0.15, 0.2) is 0 Å². The minimum absolute atomic E-state index is 0.178. The molecule has 1 heterocycles. The Hall–Kier alpha value is -1.59. The van der Waals surface area contributed by atoms with E-state index in [0.29, 0.717) is 12.6 Å². The standard InChI is InChI=1S/C16H25N3O2/c1-3-19-10-4-5-15(19)11-17-16(21)18-14-8-6-13(7-9-14)12(2)20/h6-9,12,15,20H,3-5,10-11H2,1-2H3,(H2,17,18,21). The predicted molar refractivity (Wildman–Crippen MR) is 84.4 cm³/mol. The van der Waals surface area contributed by atoms with Crippen molar-refractivity contribution in [2.45, 2.75) is 38.8 Å². The number of carbonyl (C=O) groups excluding carboxylic acids is 1. The van der Waals surface area contributed by atoms with Crippen LogP contribution in [-0.2, 0) is 0 Å². The van der Waals surface area contributed by atoms with Crippen LogP contribution in [0.4, 0.5) is 10.5 Å². The van der Waals surface area contributed by atoms with E-state index >= 15 is 0 Å². The molecule has 2 amide bonds. The van der Waals surface area contributed by atoms with Gasteiger partial charge in [-0.25, -0.2) is 4.79 Å². The summed E-state index contributed by atoms with van der Waals surface area (Å²) in [6.07, 6.45) is 1.87. The van der Waals surface area contributed by atoms with Crippen molar-refractivity contribution in [2.24, 2.45) is 0 Å². The van der Waals surface area contributed by atoms with Gasteiger partial charge in [0.1, 0.15) is 0 Å². The molecule has 0 radical (unpaired) electrons. The predicted octanol–water partition coefficient (Wildman–Crippen LogP) is 2.35. The fourth-order valence-corrected chi connectivity index (χ4v) is 2.77. The molecule has 1 aromatic carbocycles. The van der Waals surface area contributed by atoms with Crippen LogP contribution in [0.5, 0.6) is 0 Å². The lowest BCUT2D eigenvalue weighted by atomic mass is 10.1. The van der Waals surface area contributed by atoms with Gasteiger partial charge in [-0.1, -0.05) is 19.1 Å². The highest BCUT2D eigenvalue weighted by atomic mass is 16.3. The first-order chi connectivity index (χ1) is 10.1. The molecule has 1 aliphatic heterocycles. The number of carbonyl (C=O) groups is 1. The summed E-state index contributed by atoms with van der Waals surface area (Å²) >= 11 is 0. The summed E-state index contributed by atoms with van der Waals surface area (Å²) < 4.78 is 0. The minimum Gasteiger partial charge on any atom is -0.389 e. The molecule has 2 unspecified atom stereocenters. The number of anilines is 1. The highest BCUT2D eigenvalue weighted by molar-refractivity contribution is 5.89. The average Bonchev–Trinajstić information content (AvgIpc) is 2.93. The fraction of sp³-hybridized carbons (Fsp3) is 0.562. The van der Waals surface area contributed by atoms with Crippen LogP contribution in [0, 0.1) is 0 Å². The fourth-order valence-electron chi connectivity index (χ4n) is 2.77. The summed E-state index contributed by atoms with van der Waals surface area (Å²) in [4.78, 5) is 14.3. The van der Waals surface area contributed by atoms with Crippen molar-refractivity contribution in [3.63, 3.8) is 0 Å². The third-order valence-corrected chi connectivity index (χ3v) is 4.05. The van der Waals surface area contributed by atoms with E-state index < -0.39 is 6.10 Å². The maximum atomic E-state index is 11.9. The van der Waals surface area contributed by atoms with Crippen molar-refractivity contribution in [1.82, 2.24) is 10.2 Å². The number of aliphatic hydroxyl groups excluding tert-OH is 1. The molecule has 1 saturated heterocycles. The maximum Gasteiger partial charge on any atom is 0.319 e. The first-order valence-corrected chi connectivity index (χ1v) is 7.67. The molecule has 1 aromatic rings. The number of hydrogen-bond donors (Lipinski definition) is 3. The van der Waals surface area contributed by atoms with Gasteiger partial charge in [-0.2, -0.15) is 0 Å². The summed E-state index contributed by atoms with van der Waals surface area (Å²) in [5.74, 6) is 0. The number of amides is 2. The second-order valence-corrected chi connectivity index (χ2v) is 5.56. The van der Waals surface area contributed by atoms with E-state index in [1.165, 1.54) is 6.42 Å². The van der Waals surface area contributed by atoms with E-state index in [4.69, 9.17) is 0 Å². The molecule has 0 bridgehead atoms. The third kappa shape index (κ3) is 4.44. The lowest BCUT2D eigenvalue weighted by Gasteiger charge is -2.22. The molecule has 2 rings (SSSR count). The number of likely N-dealkylation sites (tertiary alicyclic amines) is 1. The van der Waals surface area contributed by atoms with Crippen LogP contribution in [-0.4, -0.2) is 41.7 Å². The SMILES string of the molecule is CCN1CCCC1CNC(=O)Nc1ccc(C(C)O)cc1. The molecule has 2 atom stereocenters. The Morgan fingerprint density at radius 2 is 2.14 bits per heavy atom. The molecule has 5 heteroatoms. The van der Waals surface area contributed by atoms with Crippen LogP contribution in [0.3, 0.4) is 0 Å². The number of nitrogens with one attached hydrogen (secondary N) is 2. The summed E-state index contributed by atoms with van der Waals surface area (Å²) in [6.45, 7) is 6.73. The first kappa shape index (κ1) is 15.8. The van der Waals surface area contributed by atoms with Crippen LogP contribution in [0.2, 0.25) is 0 Å². The number of nitrogens with zero attached hydrogens (tertiary/aromatic N) is 1. The van der Waals surface area contributed by atoms with E-state index in [-0.39, 0.29) is 6.03 Å². The average molecular weight is 291 g/mol. The van der Waals surface area contributed by atoms with Gasteiger partial charge < -0.3 is 15.7 Å². The Morgan fingerprint density at radius 3 is 2.76 bits per heavy atom. The Labute approximate surface area is 126 Å². The Bertz CT molecular complexity index is 459. The summed E-state index contributed by atoms with van der Waals surface area (Å²) in [7, 11) is 0. The van der Waals surface area contributed by atoms with Crippen molar-refractivity contribution in [3.05, 3.63) is 29.8 Å². The normalized spacial score (nSPS) is 20.2. The van der Waals surface area contributed by atoms with Crippen molar-refractivity contribution in [1.29, 1.82) is 0 Å². The van der Waals surface area contributed by atoms with Crippen LogP contribution >= 0.6 is 0 Å². The highest BCUT2D eigenvalue weighted by Gasteiger charge is 2.22. The number of benzene rings is 1. The zero-order valence-corrected chi connectivity index (χ0v) is 12.8. The summed E-state index contributed by atoms with van der Waals surface area (Å²) in [6, 6.07) is 7.51. The molecule has 1 aliphatic rings. The van der Waals surface area contributed by atoms with Crippen LogP contribution < -0.4 is 10.6 Å². The van der Waals surface area contributed by atoms with Gasteiger partial charge >= 0.3 is 6.03 Å². The number of aliphatic hydroxyl groups is 1. The van der Waals surface area contributed by atoms with Crippen molar-refractivity contribution in [3.8, 4) is 0 Å². The molecule has 21 heavy (non-hydrogen) atoms. The zero-order chi connectivity index (χ0) is 15.2. The first-order valence-electron chi connectivity index (χ1n) is 7.67. The zero-order valence-electron chi connectivity index (χ0n) is 12.8. The molecular formula is C16H25N3O2.